The van der Waals surface area contributed by atoms with Crippen molar-refractivity contribution in [1.29, 1.82) is 0 Å². The molecule has 0 spiro atoms. The maximum absolute atomic E-state index is 11.6. The summed E-state index contributed by atoms with van der Waals surface area (Å²) in [6, 6.07) is 3.04. The first-order valence-corrected chi connectivity index (χ1v) is 5.66. The van der Waals surface area contributed by atoms with Gasteiger partial charge in [0.1, 0.15) is 6.54 Å². The van der Waals surface area contributed by atoms with Gasteiger partial charge in [0.05, 0.1) is 12.0 Å². The third kappa shape index (κ3) is 3.49. The molecule has 0 aliphatic rings. The van der Waals surface area contributed by atoms with Gasteiger partial charge in [-0.2, -0.15) is 0 Å². The summed E-state index contributed by atoms with van der Waals surface area (Å²) >= 11 is 0. The van der Waals surface area contributed by atoms with E-state index in [1.165, 1.54) is 17.0 Å². The van der Waals surface area contributed by atoms with Crippen molar-refractivity contribution in [3.63, 3.8) is 0 Å². The molecule has 2 amide bonds. The molecule has 2 heterocycles. The first kappa shape index (κ1) is 13.0. The average molecular weight is 263 g/mol. The van der Waals surface area contributed by atoms with Crippen molar-refractivity contribution >= 4 is 11.8 Å². The number of hydrogen-bond donors (Lipinski definition) is 2. The minimum absolute atomic E-state index is 0.0794. The summed E-state index contributed by atoms with van der Waals surface area (Å²) < 4.78 is 6.21. The molecule has 0 radical (unpaired) electrons. The van der Waals surface area contributed by atoms with E-state index in [0.717, 1.165) is 0 Å². The summed E-state index contributed by atoms with van der Waals surface area (Å²) in [6.07, 6.45) is 3.56. The monoisotopic (exact) mass is 263 g/mol. The molecular weight excluding hydrogens is 250 g/mol. The second-order valence-electron chi connectivity index (χ2n) is 3.80. The molecule has 0 aliphatic carbocycles. The summed E-state index contributed by atoms with van der Waals surface area (Å²) in [5.74, 6) is -1.00. The van der Waals surface area contributed by atoms with Gasteiger partial charge in [-0.25, -0.2) is 4.68 Å². The summed E-state index contributed by atoms with van der Waals surface area (Å²) in [4.78, 5) is 23.1. The molecule has 100 valence electrons. The molecule has 19 heavy (non-hydrogen) atoms. The van der Waals surface area contributed by atoms with Crippen LogP contribution in [0.2, 0.25) is 0 Å². The highest BCUT2D eigenvalue weighted by Crippen LogP contribution is 1.99. The second-order valence-corrected chi connectivity index (χ2v) is 3.80. The van der Waals surface area contributed by atoms with E-state index < -0.39 is 11.8 Å². The summed E-state index contributed by atoms with van der Waals surface area (Å²) in [5.41, 5.74) is 6.08. The number of nitrogens with two attached hydrogens (primary N) is 1. The van der Waals surface area contributed by atoms with Gasteiger partial charge in [0.2, 0.25) is 5.91 Å². The first-order chi connectivity index (χ1) is 9.19. The van der Waals surface area contributed by atoms with E-state index in [4.69, 9.17) is 10.2 Å². The normalized spacial score (nSPS) is 10.4. The lowest BCUT2D eigenvalue weighted by Gasteiger charge is -2.01. The Morgan fingerprint density at radius 2 is 2.32 bits per heavy atom. The lowest BCUT2D eigenvalue weighted by Crippen LogP contribution is -2.33. The number of hydrogen-bond acceptors (Lipinski definition) is 6. The fraction of sp³-hybridized carbons (Fsp3) is 0.273. The molecule has 8 heteroatoms. The van der Waals surface area contributed by atoms with Crippen molar-refractivity contribution in [3.8, 4) is 0 Å². The Balaban J connectivity index is 1.88. The number of amides is 2. The Hall–Kier alpha value is -2.48. The second kappa shape index (κ2) is 5.91. The van der Waals surface area contributed by atoms with E-state index in [1.54, 1.807) is 12.3 Å². The predicted octanol–water partition coefficient (Wildman–Crippen LogP) is -0.671. The molecule has 2 aromatic rings. The summed E-state index contributed by atoms with van der Waals surface area (Å²) in [5, 5.41) is 9.79. The van der Waals surface area contributed by atoms with Crippen LogP contribution in [0.5, 0.6) is 0 Å². The number of rotatable bonds is 5. The van der Waals surface area contributed by atoms with Gasteiger partial charge in [0.25, 0.3) is 5.91 Å². The van der Waals surface area contributed by atoms with E-state index in [9.17, 15) is 9.59 Å². The topological polar surface area (TPSA) is 116 Å². The highest BCUT2D eigenvalue weighted by atomic mass is 16.3. The van der Waals surface area contributed by atoms with Gasteiger partial charge in [0.15, 0.2) is 5.76 Å². The van der Waals surface area contributed by atoms with Crippen molar-refractivity contribution < 1.29 is 14.0 Å². The van der Waals surface area contributed by atoms with Crippen LogP contribution in [0.4, 0.5) is 0 Å². The zero-order valence-corrected chi connectivity index (χ0v) is 10.1. The van der Waals surface area contributed by atoms with Crippen LogP contribution in [0.15, 0.2) is 29.0 Å². The summed E-state index contributed by atoms with van der Waals surface area (Å²) in [6.45, 7) is 0.367. The van der Waals surface area contributed by atoms with E-state index >= 15 is 0 Å². The summed E-state index contributed by atoms with van der Waals surface area (Å²) in [7, 11) is 0. The van der Waals surface area contributed by atoms with Gasteiger partial charge < -0.3 is 10.2 Å². The number of furan rings is 1. The quantitative estimate of drug-likeness (QED) is 0.739. The van der Waals surface area contributed by atoms with Crippen molar-refractivity contribution in [2.45, 2.75) is 13.0 Å². The minimum Gasteiger partial charge on any atom is -0.459 e. The molecule has 0 fully saturated rings. The van der Waals surface area contributed by atoms with Crippen LogP contribution in [-0.4, -0.2) is 33.4 Å². The average Bonchev–Trinajstić information content (AvgIpc) is 3.00. The third-order valence-corrected chi connectivity index (χ3v) is 2.29. The van der Waals surface area contributed by atoms with Gasteiger partial charge >= 0.3 is 0 Å². The molecule has 0 aromatic carbocycles. The SMILES string of the molecule is NCCc1cn(CC(=O)NC(=O)c2ccco2)nn1. The van der Waals surface area contributed by atoms with Crippen molar-refractivity contribution in [3.05, 3.63) is 36.0 Å². The molecule has 0 atom stereocenters. The van der Waals surface area contributed by atoms with Crippen LogP contribution in [0, 0.1) is 0 Å². The van der Waals surface area contributed by atoms with Crippen LogP contribution in [0.1, 0.15) is 16.2 Å². The van der Waals surface area contributed by atoms with Crippen LogP contribution >= 0.6 is 0 Å². The maximum Gasteiger partial charge on any atom is 0.293 e. The molecule has 0 bridgehead atoms. The minimum atomic E-state index is -0.586. The number of nitrogens with one attached hydrogen (secondary N) is 1. The third-order valence-electron chi connectivity index (χ3n) is 2.29. The highest BCUT2D eigenvalue weighted by Gasteiger charge is 2.13. The highest BCUT2D eigenvalue weighted by molar-refractivity contribution is 6.02. The smallest absolute Gasteiger partial charge is 0.293 e. The Kier molecular flexibility index (Phi) is 4.04. The number of carbonyl (C=O) groups is 2. The standard InChI is InChI=1S/C11H13N5O3/c12-4-3-8-6-16(15-14-8)7-10(17)13-11(18)9-2-1-5-19-9/h1-2,5-6H,3-4,7,12H2,(H,13,17,18). The lowest BCUT2D eigenvalue weighted by molar-refractivity contribution is -0.120. The zero-order chi connectivity index (χ0) is 13.7. The molecule has 2 rings (SSSR count). The molecule has 3 N–H and O–H groups in total. The van der Waals surface area contributed by atoms with Gasteiger partial charge in [-0.3, -0.25) is 14.9 Å². The number of carbonyl (C=O) groups excluding carboxylic acids is 2. The van der Waals surface area contributed by atoms with Gasteiger partial charge in [0, 0.05) is 12.6 Å². The Labute approximate surface area is 108 Å². The fourth-order valence-electron chi connectivity index (χ4n) is 1.46. The van der Waals surface area contributed by atoms with Crippen molar-refractivity contribution in [1.82, 2.24) is 20.3 Å². The van der Waals surface area contributed by atoms with Gasteiger partial charge in [-0.15, -0.1) is 5.10 Å². The maximum atomic E-state index is 11.6. The van der Waals surface area contributed by atoms with E-state index in [1.807, 2.05) is 0 Å². The van der Waals surface area contributed by atoms with Crippen LogP contribution in [-0.2, 0) is 17.8 Å². The largest absolute Gasteiger partial charge is 0.459 e. The lowest BCUT2D eigenvalue weighted by atomic mass is 10.3. The van der Waals surface area contributed by atoms with Crippen LogP contribution in [0.3, 0.4) is 0 Å². The molecular formula is C11H13N5O3. The van der Waals surface area contributed by atoms with Gasteiger partial charge in [-0.1, -0.05) is 5.21 Å². The molecule has 0 unspecified atom stereocenters. The first-order valence-electron chi connectivity index (χ1n) is 5.66. The number of imide groups is 1. The Morgan fingerprint density at radius 1 is 1.47 bits per heavy atom. The predicted molar refractivity (Wildman–Crippen MR) is 64.0 cm³/mol. The van der Waals surface area contributed by atoms with E-state index in [0.29, 0.717) is 18.7 Å². The number of aromatic nitrogens is 3. The Morgan fingerprint density at radius 3 is 3.00 bits per heavy atom. The molecule has 0 saturated heterocycles. The Bertz CT molecular complexity index is 561. The molecule has 0 saturated carbocycles. The zero-order valence-electron chi connectivity index (χ0n) is 10.1. The van der Waals surface area contributed by atoms with Crippen molar-refractivity contribution in [2.24, 2.45) is 5.73 Å². The van der Waals surface area contributed by atoms with Crippen molar-refractivity contribution in [2.75, 3.05) is 6.54 Å². The van der Waals surface area contributed by atoms with Crippen LogP contribution < -0.4 is 11.1 Å². The molecule has 2 aromatic heterocycles. The van der Waals surface area contributed by atoms with E-state index in [-0.39, 0.29) is 12.3 Å². The molecule has 8 nitrogen and oxygen atoms in total. The fourth-order valence-corrected chi connectivity index (χ4v) is 1.46. The molecule has 0 aliphatic heterocycles. The van der Waals surface area contributed by atoms with Crippen LogP contribution in [0.25, 0.3) is 0 Å². The van der Waals surface area contributed by atoms with E-state index in [2.05, 4.69) is 15.6 Å². The van der Waals surface area contributed by atoms with Gasteiger partial charge in [-0.05, 0) is 18.7 Å². The number of nitrogens with zero attached hydrogens (tertiary/aromatic N) is 3.